The van der Waals surface area contributed by atoms with Gasteiger partial charge in [-0.25, -0.2) is 4.98 Å². The summed E-state index contributed by atoms with van der Waals surface area (Å²) in [6.45, 7) is 1.91. The van der Waals surface area contributed by atoms with Crippen LogP contribution in [0.4, 0.5) is 5.69 Å². The number of aromatic amines is 1. The van der Waals surface area contributed by atoms with Crippen LogP contribution in [0.15, 0.2) is 48.8 Å². The van der Waals surface area contributed by atoms with Gasteiger partial charge in [-0.15, -0.1) is 0 Å². The number of benzene rings is 1. The zero-order valence-electron chi connectivity index (χ0n) is 12.2. The number of nitrogens with one attached hydrogen (secondary N) is 2. The monoisotopic (exact) mass is 289 g/mol. The van der Waals surface area contributed by atoms with Crippen LogP contribution in [-0.2, 0) is 4.79 Å². The molecule has 2 aromatic heterocycles. The van der Waals surface area contributed by atoms with Crippen LogP contribution >= 0.6 is 0 Å². The van der Waals surface area contributed by atoms with Crippen molar-refractivity contribution in [3.63, 3.8) is 0 Å². The normalized spacial score (nSPS) is 10.0. The summed E-state index contributed by atoms with van der Waals surface area (Å²) in [5.41, 5.74) is 3.59. The van der Waals surface area contributed by atoms with Gasteiger partial charge in [0.25, 0.3) is 5.91 Å². The molecule has 108 valence electrons. The fourth-order valence-corrected chi connectivity index (χ4v) is 2.21. The van der Waals surface area contributed by atoms with Gasteiger partial charge in [-0.05, 0) is 35.7 Å². The lowest BCUT2D eigenvalue weighted by Gasteiger charge is -2.05. The number of nitrogens with zero attached hydrogens (tertiary/aromatic N) is 1. The lowest BCUT2D eigenvalue weighted by molar-refractivity contribution is -0.111. The number of pyridine rings is 1. The first-order valence-electron chi connectivity index (χ1n) is 7.09. The predicted octanol–water partition coefficient (Wildman–Crippen LogP) is 3.58. The van der Waals surface area contributed by atoms with Gasteiger partial charge in [0.15, 0.2) is 0 Å². The van der Waals surface area contributed by atoms with Crippen LogP contribution in [0, 0.1) is 11.8 Å². The molecule has 4 heteroatoms. The van der Waals surface area contributed by atoms with Gasteiger partial charge in [-0.3, -0.25) is 4.79 Å². The Morgan fingerprint density at radius 2 is 2.18 bits per heavy atom. The quantitative estimate of drug-likeness (QED) is 0.708. The Morgan fingerprint density at radius 3 is 3.05 bits per heavy atom. The van der Waals surface area contributed by atoms with Gasteiger partial charge < -0.3 is 10.3 Å². The van der Waals surface area contributed by atoms with Crippen molar-refractivity contribution in [3.8, 4) is 23.0 Å². The molecular weight excluding hydrogens is 274 g/mol. The second-order valence-electron chi connectivity index (χ2n) is 4.83. The van der Waals surface area contributed by atoms with Gasteiger partial charge in [0.05, 0.1) is 0 Å². The molecule has 2 heterocycles. The summed E-state index contributed by atoms with van der Waals surface area (Å²) in [5, 5.41) is 3.84. The SMILES string of the molecule is CCC#CC(=O)Nc1cccc(-c2cnc3[nH]ccc3c2)c1. The molecule has 0 bridgehead atoms. The third-order valence-corrected chi connectivity index (χ3v) is 3.23. The van der Waals surface area contributed by atoms with Crippen LogP contribution in [0.3, 0.4) is 0 Å². The van der Waals surface area contributed by atoms with Crippen LogP contribution < -0.4 is 5.32 Å². The second-order valence-corrected chi connectivity index (χ2v) is 4.83. The molecule has 0 radical (unpaired) electrons. The maximum Gasteiger partial charge on any atom is 0.300 e. The Hall–Kier alpha value is -3.06. The Balaban J connectivity index is 1.88. The van der Waals surface area contributed by atoms with E-state index in [9.17, 15) is 4.79 Å². The Kier molecular flexibility index (Phi) is 3.88. The molecule has 0 aliphatic heterocycles. The van der Waals surface area contributed by atoms with Crippen molar-refractivity contribution in [3.05, 3.63) is 48.8 Å². The van der Waals surface area contributed by atoms with Crippen molar-refractivity contribution >= 4 is 22.6 Å². The summed E-state index contributed by atoms with van der Waals surface area (Å²) < 4.78 is 0. The Morgan fingerprint density at radius 1 is 1.27 bits per heavy atom. The summed E-state index contributed by atoms with van der Waals surface area (Å²) in [6.07, 6.45) is 4.34. The van der Waals surface area contributed by atoms with Crippen molar-refractivity contribution in [2.75, 3.05) is 5.32 Å². The van der Waals surface area contributed by atoms with E-state index in [2.05, 4.69) is 33.2 Å². The molecule has 22 heavy (non-hydrogen) atoms. The number of rotatable bonds is 2. The molecule has 0 fully saturated rings. The average Bonchev–Trinajstić information content (AvgIpc) is 3.00. The van der Waals surface area contributed by atoms with E-state index in [-0.39, 0.29) is 5.91 Å². The molecule has 1 amide bonds. The third-order valence-electron chi connectivity index (χ3n) is 3.23. The fourth-order valence-electron chi connectivity index (χ4n) is 2.21. The van der Waals surface area contributed by atoms with Crippen molar-refractivity contribution in [1.82, 2.24) is 9.97 Å². The highest BCUT2D eigenvalue weighted by Crippen LogP contribution is 2.24. The molecule has 0 spiro atoms. The van der Waals surface area contributed by atoms with E-state index in [4.69, 9.17) is 0 Å². The van der Waals surface area contributed by atoms with E-state index in [0.717, 1.165) is 27.8 Å². The number of anilines is 1. The van der Waals surface area contributed by atoms with Gasteiger partial charge >= 0.3 is 0 Å². The first-order valence-corrected chi connectivity index (χ1v) is 7.09. The van der Waals surface area contributed by atoms with Gasteiger partial charge in [0.1, 0.15) is 5.65 Å². The van der Waals surface area contributed by atoms with Gasteiger partial charge in [0, 0.05) is 35.5 Å². The van der Waals surface area contributed by atoms with E-state index < -0.39 is 0 Å². The van der Waals surface area contributed by atoms with E-state index in [0.29, 0.717) is 6.42 Å². The molecule has 0 unspecified atom stereocenters. The number of aromatic nitrogens is 2. The molecule has 0 aliphatic rings. The molecule has 0 saturated carbocycles. The van der Waals surface area contributed by atoms with Crippen LogP contribution in [0.25, 0.3) is 22.2 Å². The smallest absolute Gasteiger partial charge is 0.300 e. The molecule has 0 atom stereocenters. The summed E-state index contributed by atoms with van der Waals surface area (Å²) in [7, 11) is 0. The highest BCUT2D eigenvalue weighted by Gasteiger charge is 2.04. The highest BCUT2D eigenvalue weighted by molar-refractivity contribution is 6.04. The Labute approximate surface area is 128 Å². The van der Waals surface area contributed by atoms with E-state index >= 15 is 0 Å². The minimum absolute atomic E-state index is 0.293. The van der Waals surface area contributed by atoms with Crippen LogP contribution in [-0.4, -0.2) is 15.9 Å². The van der Waals surface area contributed by atoms with Crippen molar-refractivity contribution in [2.45, 2.75) is 13.3 Å². The summed E-state index contributed by atoms with van der Waals surface area (Å²) in [4.78, 5) is 19.1. The minimum Gasteiger partial charge on any atom is -0.346 e. The second kappa shape index (κ2) is 6.15. The van der Waals surface area contributed by atoms with Crippen LogP contribution in [0.2, 0.25) is 0 Å². The number of amides is 1. The largest absolute Gasteiger partial charge is 0.346 e. The maximum absolute atomic E-state index is 11.7. The fraction of sp³-hybridized carbons (Fsp3) is 0.111. The number of fused-ring (bicyclic) bond motifs is 1. The molecule has 3 aromatic rings. The summed E-state index contributed by atoms with van der Waals surface area (Å²) >= 11 is 0. The van der Waals surface area contributed by atoms with Crippen molar-refractivity contribution < 1.29 is 4.79 Å². The molecule has 4 nitrogen and oxygen atoms in total. The topological polar surface area (TPSA) is 57.8 Å². The zero-order chi connectivity index (χ0) is 15.4. The minimum atomic E-state index is -0.293. The molecule has 3 rings (SSSR count). The average molecular weight is 289 g/mol. The van der Waals surface area contributed by atoms with Crippen LogP contribution in [0.1, 0.15) is 13.3 Å². The van der Waals surface area contributed by atoms with E-state index in [1.165, 1.54) is 0 Å². The third kappa shape index (κ3) is 2.99. The number of hydrogen-bond donors (Lipinski definition) is 2. The van der Waals surface area contributed by atoms with E-state index in [1.807, 2.05) is 49.6 Å². The number of H-pyrrole nitrogens is 1. The first kappa shape index (κ1) is 13.9. The number of carbonyl (C=O) groups is 1. The summed E-state index contributed by atoms with van der Waals surface area (Å²) in [5.74, 6) is 5.01. The number of hydrogen-bond acceptors (Lipinski definition) is 2. The zero-order valence-corrected chi connectivity index (χ0v) is 12.2. The lowest BCUT2D eigenvalue weighted by Crippen LogP contribution is -2.08. The summed E-state index contributed by atoms with van der Waals surface area (Å²) in [6, 6.07) is 11.7. The predicted molar refractivity (Wildman–Crippen MR) is 88.2 cm³/mol. The maximum atomic E-state index is 11.7. The first-order chi connectivity index (χ1) is 10.8. The van der Waals surface area contributed by atoms with Gasteiger partial charge in [0.2, 0.25) is 0 Å². The molecule has 2 N–H and O–H groups in total. The van der Waals surface area contributed by atoms with Crippen LogP contribution in [0.5, 0.6) is 0 Å². The number of carbonyl (C=O) groups excluding carboxylic acids is 1. The Bertz CT molecular complexity index is 884. The van der Waals surface area contributed by atoms with Crippen molar-refractivity contribution in [1.29, 1.82) is 0 Å². The molecule has 0 saturated heterocycles. The molecule has 0 aliphatic carbocycles. The standard InChI is InChI=1S/C18H15N3O/c1-2-3-7-17(22)21-16-6-4-5-13(11-16)15-10-14-8-9-19-18(14)20-12-15/h4-6,8-12H,2H2,1H3,(H,19,20)(H,21,22). The highest BCUT2D eigenvalue weighted by atomic mass is 16.1. The van der Waals surface area contributed by atoms with Crippen molar-refractivity contribution in [2.24, 2.45) is 0 Å². The lowest BCUT2D eigenvalue weighted by atomic mass is 10.1. The molecule has 1 aromatic carbocycles. The van der Waals surface area contributed by atoms with E-state index in [1.54, 1.807) is 0 Å². The molecular formula is C18H15N3O. The van der Waals surface area contributed by atoms with Gasteiger partial charge in [-0.1, -0.05) is 25.0 Å². The van der Waals surface area contributed by atoms with Gasteiger partial charge in [-0.2, -0.15) is 0 Å².